The van der Waals surface area contributed by atoms with Gasteiger partial charge in [0.2, 0.25) is 0 Å². The van der Waals surface area contributed by atoms with Crippen LogP contribution in [0.2, 0.25) is 0 Å². The zero-order valence-corrected chi connectivity index (χ0v) is 15.1. The quantitative estimate of drug-likeness (QED) is 0.646. The van der Waals surface area contributed by atoms with Gasteiger partial charge in [0.1, 0.15) is 0 Å². The van der Waals surface area contributed by atoms with E-state index in [1.165, 1.54) is 44.9 Å². The highest BCUT2D eigenvalue weighted by Gasteiger charge is 2.59. The van der Waals surface area contributed by atoms with Crippen LogP contribution >= 0.6 is 0 Å². The van der Waals surface area contributed by atoms with Gasteiger partial charge in [-0.25, -0.2) is 0 Å². The summed E-state index contributed by atoms with van der Waals surface area (Å²) in [5.74, 6) is 5.19. The van der Waals surface area contributed by atoms with Crippen molar-refractivity contribution >= 4 is 0 Å². The Balaban J connectivity index is 1.63. The lowest BCUT2D eigenvalue weighted by atomic mass is 9.44. The second kappa shape index (κ2) is 4.98. The Morgan fingerprint density at radius 3 is 2.36 bits per heavy atom. The van der Waals surface area contributed by atoms with Gasteiger partial charge in [0.25, 0.3) is 0 Å². The van der Waals surface area contributed by atoms with E-state index in [9.17, 15) is 5.11 Å². The molecule has 0 spiro atoms. The SMILES string of the molecule is C[C@@H]1C[C@@]2(C)[C@@H](CC[C@@H]3[C@@H]2CC[C@]2(C)[C@H](C)CC[C@@H]32)C[C@@H]1O. The van der Waals surface area contributed by atoms with Crippen LogP contribution in [-0.4, -0.2) is 11.2 Å². The van der Waals surface area contributed by atoms with Crippen LogP contribution in [0.15, 0.2) is 0 Å². The Bertz CT molecular complexity index is 445. The van der Waals surface area contributed by atoms with Crippen LogP contribution < -0.4 is 0 Å². The van der Waals surface area contributed by atoms with Crippen molar-refractivity contribution in [2.75, 3.05) is 0 Å². The van der Waals surface area contributed by atoms with Gasteiger partial charge < -0.3 is 5.11 Å². The highest BCUT2D eigenvalue weighted by molar-refractivity contribution is 5.09. The molecule has 0 bridgehead atoms. The van der Waals surface area contributed by atoms with Crippen molar-refractivity contribution in [3.05, 3.63) is 0 Å². The van der Waals surface area contributed by atoms with Crippen LogP contribution in [0.25, 0.3) is 0 Å². The summed E-state index contributed by atoms with van der Waals surface area (Å²) >= 11 is 0. The van der Waals surface area contributed by atoms with E-state index in [2.05, 4.69) is 27.7 Å². The fraction of sp³-hybridized carbons (Fsp3) is 1.00. The van der Waals surface area contributed by atoms with Gasteiger partial charge in [0.05, 0.1) is 6.10 Å². The molecule has 0 saturated heterocycles. The number of aliphatic hydroxyl groups is 1. The Labute approximate surface area is 137 Å². The molecule has 0 aromatic rings. The van der Waals surface area contributed by atoms with Gasteiger partial charge in [-0.1, -0.05) is 27.7 Å². The molecule has 1 N–H and O–H groups in total. The summed E-state index contributed by atoms with van der Waals surface area (Å²) in [6.07, 6.45) is 11.1. The number of aliphatic hydroxyl groups excluding tert-OH is 1. The maximum atomic E-state index is 10.4. The van der Waals surface area contributed by atoms with Crippen LogP contribution in [0.1, 0.15) is 79.1 Å². The Morgan fingerprint density at radius 2 is 1.59 bits per heavy atom. The summed E-state index contributed by atoms with van der Waals surface area (Å²) in [5, 5.41) is 10.4. The molecule has 4 rings (SSSR count). The monoisotopic (exact) mass is 304 g/mol. The van der Waals surface area contributed by atoms with Gasteiger partial charge in [-0.05, 0) is 97.7 Å². The predicted octanol–water partition coefficient (Wildman–Crippen LogP) is 5.27. The third-order valence-electron chi connectivity index (χ3n) is 9.48. The fourth-order valence-electron chi connectivity index (χ4n) is 7.86. The highest BCUT2D eigenvalue weighted by Crippen LogP contribution is 2.67. The van der Waals surface area contributed by atoms with E-state index in [1.54, 1.807) is 0 Å². The van der Waals surface area contributed by atoms with E-state index < -0.39 is 0 Å². The minimum atomic E-state index is -0.0324. The lowest BCUT2D eigenvalue weighted by molar-refractivity contribution is -0.139. The summed E-state index contributed by atoms with van der Waals surface area (Å²) in [4.78, 5) is 0. The van der Waals surface area contributed by atoms with Crippen molar-refractivity contribution in [1.29, 1.82) is 0 Å². The molecule has 0 radical (unpaired) electrons. The average Bonchev–Trinajstić information content (AvgIpc) is 2.77. The first-order chi connectivity index (χ1) is 10.4. The van der Waals surface area contributed by atoms with Gasteiger partial charge in [-0.3, -0.25) is 0 Å². The average molecular weight is 305 g/mol. The van der Waals surface area contributed by atoms with Gasteiger partial charge >= 0.3 is 0 Å². The van der Waals surface area contributed by atoms with E-state index in [-0.39, 0.29) is 6.10 Å². The van der Waals surface area contributed by atoms with Crippen molar-refractivity contribution in [2.24, 2.45) is 46.3 Å². The fourth-order valence-corrected chi connectivity index (χ4v) is 7.86. The molecule has 0 aliphatic heterocycles. The van der Waals surface area contributed by atoms with Gasteiger partial charge in [0, 0.05) is 0 Å². The molecular weight excluding hydrogens is 268 g/mol. The second-order valence-corrected chi connectivity index (χ2v) is 10.2. The van der Waals surface area contributed by atoms with Gasteiger partial charge in [0.15, 0.2) is 0 Å². The molecule has 0 unspecified atom stereocenters. The summed E-state index contributed by atoms with van der Waals surface area (Å²) in [5.41, 5.74) is 1.17. The van der Waals surface area contributed by atoms with Gasteiger partial charge in [-0.15, -0.1) is 0 Å². The summed E-state index contributed by atoms with van der Waals surface area (Å²) in [6, 6.07) is 0. The Morgan fingerprint density at radius 1 is 0.864 bits per heavy atom. The summed E-state index contributed by atoms with van der Waals surface area (Å²) in [6.45, 7) is 10.0. The summed E-state index contributed by atoms with van der Waals surface area (Å²) < 4.78 is 0. The molecule has 0 amide bonds. The smallest absolute Gasteiger partial charge is 0.0568 e. The third-order valence-corrected chi connectivity index (χ3v) is 9.48. The van der Waals surface area contributed by atoms with Crippen molar-refractivity contribution in [2.45, 2.75) is 85.2 Å². The van der Waals surface area contributed by atoms with Crippen LogP contribution in [0.5, 0.6) is 0 Å². The molecule has 4 fully saturated rings. The van der Waals surface area contributed by atoms with E-state index in [0.29, 0.717) is 16.7 Å². The van der Waals surface area contributed by atoms with Crippen LogP contribution in [0.3, 0.4) is 0 Å². The maximum absolute atomic E-state index is 10.4. The molecule has 22 heavy (non-hydrogen) atoms. The maximum Gasteiger partial charge on any atom is 0.0568 e. The van der Waals surface area contributed by atoms with E-state index in [4.69, 9.17) is 0 Å². The second-order valence-electron chi connectivity index (χ2n) is 10.2. The van der Waals surface area contributed by atoms with E-state index in [1.807, 2.05) is 0 Å². The van der Waals surface area contributed by atoms with Crippen molar-refractivity contribution in [1.82, 2.24) is 0 Å². The molecule has 4 aliphatic rings. The van der Waals surface area contributed by atoms with Crippen molar-refractivity contribution < 1.29 is 5.11 Å². The number of rotatable bonds is 0. The standard InChI is InChI=1S/C21H36O/c1-13-12-21(4)15(11-19(13)22)6-7-16-17-8-5-14(2)20(17,3)10-9-18(16)21/h13-19,22H,5-12H2,1-4H3/t13-,14-,15+,16+,17+,18+,19+,20-,21+/m1/s1. The molecule has 9 atom stereocenters. The van der Waals surface area contributed by atoms with Crippen molar-refractivity contribution in [3.8, 4) is 0 Å². The molecule has 4 saturated carbocycles. The first-order valence-corrected chi connectivity index (χ1v) is 10.0. The number of hydrogen-bond donors (Lipinski definition) is 1. The third kappa shape index (κ3) is 1.93. The lowest BCUT2D eigenvalue weighted by Gasteiger charge is -2.61. The Kier molecular flexibility index (Phi) is 3.50. The van der Waals surface area contributed by atoms with E-state index in [0.717, 1.165) is 36.0 Å². The van der Waals surface area contributed by atoms with Crippen molar-refractivity contribution in [3.63, 3.8) is 0 Å². The largest absolute Gasteiger partial charge is 0.393 e. The van der Waals surface area contributed by atoms with Crippen LogP contribution in [-0.2, 0) is 0 Å². The first kappa shape index (κ1) is 15.5. The lowest BCUT2D eigenvalue weighted by Crippen LogP contribution is -2.55. The zero-order chi connectivity index (χ0) is 15.7. The topological polar surface area (TPSA) is 20.2 Å². The van der Waals surface area contributed by atoms with Gasteiger partial charge in [-0.2, -0.15) is 0 Å². The highest BCUT2D eigenvalue weighted by atomic mass is 16.3. The number of hydrogen-bond acceptors (Lipinski definition) is 1. The molecule has 1 nitrogen and oxygen atoms in total. The molecule has 0 aromatic heterocycles. The normalized spacial score (nSPS) is 61.2. The molecule has 126 valence electrons. The minimum Gasteiger partial charge on any atom is -0.393 e. The molecular formula is C21H36O. The zero-order valence-electron chi connectivity index (χ0n) is 15.1. The molecule has 0 heterocycles. The molecule has 0 aromatic carbocycles. The summed E-state index contributed by atoms with van der Waals surface area (Å²) in [7, 11) is 0. The molecule has 4 aliphatic carbocycles. The predicted molar refractivity (Wildman–Crippen MR) is 91.4 cm³/mol. The van der Waals surface area contributed by atoms with E-state index >= 15 is 0 Å². The number of fused-ring (bicyclic) bond motifs is 5. The van der Waals surface area contributed by atoms with Crippen LogP contribution in [0.4, 0.5) is 0 Å². The van der Waals surface area contributed by atoms with Crippen LogP contribution in [0, 0.1) is 46.3 Å². The molecule has 1 heteroatoms. The Hall–Kier alpha value is -0.0400. The minimum absolute atomic E-state index is 0.0324. The first-order valence-electron chi connectivity index (χ1n) is 10.0.